The third-order valence-corrected chi connectivity index (χ3v) is 9.78. The van der Waals surface area contributed by atoms with E-state index in [-0.39, 0.29) is 38.3 Å². The minimum atomic E-state index is -4.14. The van der Waals surface area contributed by atoms with Crippen molar-refractivity contribution in [3.05, 3.63) is 69.6 Å². The van der Waals surface area contributed by atoms with Crippen molar-refractivity contribution in [1.82, 2.24) is 9.62 Å². The molecule has 2 heterocycles. The molecule has 44 heavy (non-hydrogen) atoms. The highest BCUT2D eigenvalue weighted by molar-refractivity contribution is 7.92. The minimum absolute atomic E-state index is 0.0968. The number of sulfonamides is 1. The maximum atomic E-state index is 13.2. The number of piperidine rings is 1. The second-order valence-corrected chi connectivity index (χ2v) is 13.3. The predicted molar refractivity (Wildman–Crippen MR) is 165 cm³/mol. The molecule has 2 aromatic rings. The molecule has 1 saturated heterocycles. The number of alkyl halides is 3. The summed E-state index contributed by atoms with van der Waals surface area (Å²) in [7, 11) is -2.23. The van der Waals surface area contributed by atoms with Crippen LogP contribution in [-0.4, -0.2) is 62.3 Å². The second-order valence-electron chi connectivity index (χ2n) is 11.5. The number of rotatable bonds is 10. The van der Waals surface area contributed by atoms with Gasteiger partial charge in [-0.2, -0.15) is 17.5 Å². The fourth-order valence-corrected chi connectivity index (χ4v) is 6.76. The maximum absolute atomic E-state index is 13.2. The van der Waals surface area contributed by atoms with Crippen molar-refractivity contribution in [2.24, 2.45) is 10.7 Å². The summed E-state index contributed by atoms with van der Waals surface area (Å²) in [6.07, 6.45) is -1.12. The highest BCUT2D eigenvalue weighted by atomic mass is 32.2. The zero-order valence-corrected chi connectivity index (χ0v) is 25.9. The number of nitrogens with one attached hydrogen (secondary N) is 1. The molecule has 9 nitrogen and oxygen atoms in total. The Hall–Kier alpha value is -3.71. The summed E-state index contributed by atoms with van der Waals surface area (Å²) in [6.45, 7) is 3.89. The number of urea groups is 1. The van der Waals surface area contributed by atoms with Crippen LogP contribution in [0.15, 0.2) is 46.8 Å². The number of aryl methyl sites for hydroxylation is 3. The summed E-state index contributed by atoms with van der Waals surface area (Å²) >= 11 is 0. The van der Waals surface area contributed by atoms with Gasteiger partial charge in [0, 0.05) is 43.2 Å². The van der Waals surface area contributed by atoms with Crippen LogP contribution in [-0.2, 0) is 21.2 Å². The van der Waals surface area contributed by atoms with E-state index in [0.29, 0.717) is 36.3 Å². The largest absolute Gasteiger partial charge is 0.389 e. The topological polar surface area (TPSA) is 125 Å². The van der Waals surface area contributed by atoms with Crippen LogP contribution in [0.1, 0.15) is 66.3 Å². The van der Waals surface area contributed by atoms with Crippen LogP contribution in [0, 0.1) is 13.8 Å². The molecule has 1 fully saturated rings. The lowest BCUT2D eigenvalue weighted by Gasteiger charge is -2.34. The third-order valence-electron chi connectivity index (χ3n) is 8.22. The molecule has 4 rings (SSSR count). The van der Waals surface area contributed by atoms with Crippen LogP contribution in [0.25, 0.3) is 6.08 Å². The first kappa shape index (κ1) is 33.2. The molecule has 0 saturated carbocycles. The van der Waals surface area contributed by atoms with Gasteiger partial charge in [-0.05, 0) is 92.5 Å². The standard InChI is InChI=1S/C31H38F3N5O4S/c1-21-18-25(38(3)29(35)41)19-22(2)26(21)11-17-44(42,43)39-15-13-30(14-16-39)28(40)36-27(37-30)24-10-7-9-23(20-24)8-5-4-6-12-31(32,33)34/h7,9-11,17-20H,4-6,8,12-16H2,1-3H3,(H2,35,41)(H,36,37,40)/b17-11+. The van der Waals surface area contributed by atoms with Crippen LogP contribution >= 0.6 is 0 Å². The van der Waals surface area contributed by atoms with Gasteiger partial charge in [0.05, 0.1) is 0 Å². The van der Waals surface area contributed by atoms with Crippen molar-refractivity contribution >= 4 is 39.6 Å². The molecule has 0 aromatic heterocycles. The number of nitrogens with two attached hydrogens (primary N) is 1. The van der Waals surface area contributed by atoms with Gasteiger partial charge in [0.2, 0.25) is 10.0 Å². The van der Waals surface area contributed by atoms with Crippen LogP contribution in [0.4, 0.5) is 23.7 Å². The first-order valence-corrected chi connectivity index (χ1v) is 16.0. The van der Waals surface area contributed by atoms with Gasteiger partial charge in [-0.1, -0.05) is 24.6 Å². The van der Waals surface area contributed by atoms with Gasteiger partial charge in [0.15, 0.2) is 0 Å². The Kier molecular flexibility index (Phi) is 9.89. The highest BCUT2D eigenvalue weighted by Gasteiger charge is 2.47. The molecule has 0 unspecified atom stereocenters. The molecule has 3 N–H and O–H groups in total. The quantitative estimate of drug-likeness (QED) is 0.349. The second kappa shape index (κ2) is 13.1. The van der Waals surface area contributed by atoms with E-state index in [1.165, 1.54) is 9.21 Å². The molecular formula is C31H38F3N5O4S. The Labute approximate surface area is 256 Å². The fraction of sp³-hybridized carbons (Fsp3) is 0.452. The normalized spacial score (nSPS) is 17.2. The number of benzene rings is 2. The Morgan fingerprint density at radius 1 is 1.11 bits per heavy atom. The van der Waals surface area contributed by atoms with Gasteiger partial charge in [0.25, 0.3) is 5.91 Å². The molecule has 2 aromatic carbocycles. The number of hydrogen-bond donors (Lipinski definition) is 2. The van der Waals surface area contributed by atoms with Gasteiger partial charge >= 0.3 is 12.2 Å². The van der Waals surface area contributed by atoms with Crippen molar-refractivity contribution in [2.75, 3.05) is 25.0 Å². The summed E-state index contributed by atoms with van der Waals surface area (Å²) in [5.41, 5.74) is 8.85. The SMILES string of the molecule is Cc1cc(N(C)C(N)=O)cc(C)c1/C=C/S(=O)(=O)N1CCC2(CC1)N=C(c1cccc(CCCCCC(F)(F)F)c1)NC2=O. The number of carbonyl (C=O) groups excluding carboxylic acids is 2. The van der Waals surface area contributed by atoms with Gasteiger partial charge < -0.3 is 11.1 Å². The summed E-state index contributed by atoms with van der Waals surface area (Å²) in [5, 5.41) is 4.02. The predicted octanol–water partition coefficient (Wildman–Crippen LogP) is 5.20. The molecule has 2 aliphatic heterocycles. The number of amidine groups is 1. The number of hydrogen-bond acceptors (Lipinski definition) is 5. The molecular weight excluding hydrogens is 595 g/mol. The zero-order chi connectivity index (χ0) is 32.3. The van der Waals surface area contributed by atoms with Crippen molar-refractivity contribution < 1.29 is 31.2 Å². The lowest BCUT2D eigenvalue weighted by atomic mass is 9.89. The first-order valence-electron chi connectivity index (χ1n) is 14.5. The van der Waals surface area contributed by atoms with Crippen molar-refractivity contribution in [2.45, 2.75) is 70.5 Å². The van der Waals surface area contributed by atoms with E-state index in [9.17, 15) is 31.2 Å². The number of aliphatic imine (C=N–C) groups is 1. The van der Waals surface area contributed by atoms with E-state index in [2.05, 4.69) is 5.32 Å². The molecule has 0 radical (unpaired) electrons. The molecule has 13 heteroatoms. The van der Waals surface area contributed by atoms with Crippen LogP contribution in [0.2, 0.25) is 0 Å². The monoisotopic (exact) mass is 633 g/mol. The Bertz CT molecular complexity index is 1560. The summed E-state index contributed by atoms with van der Waals surface area (Å²) < 4.78 is 64.9. The number of unbranched alkanes of at least 4 members (excludes halogenated alkanes) is 2. The third kappa shape index (κ3) is 7.86. The van der Waals surface area contributed by atoms with Crippen molar-refractivity contribution in [3.8, 4) is 0 Å². The van der Waals surface area contributed by atoms with E-state index >= 15 is 0 Å². The number of carbonyl (C=O) groups is 2. The summed E-state index contributed by atoms with van der Waals surface area (Å²) in [5.74, 6) is 0.145. The van der Waals surface area contributed by atoms with E-state index < -0.39 is 34.2 Å². The lowest BCUT2D eigenvalue weighted by molar-refractivity contribution is -0.135. The number of anilines is 1. The molecule has 2 aliphatic rings. The van der Waals surface area contributed by atoms with Crippen LogP contribution < -0.4 is 16.0 Å². The Morgan fingerprint density at radius 3 is 2.39 bits per heavy atom. The van der Waals surface area contributed by atoms with Gasteiger partial charge in [-0.25, -0.2) is 13.2 Å². The Balaban J connectivity index is 1.39. The summed E-state index contributed by atoms with van der Waals surface area (Å²) in [6, 6.07) is 10.3. The molecule has 1 spiro atoms. The molecule has 0 bridgehead atoms. The number of nitrogens with zero attached hydrogens (tertiary/aromatic N) is 3. The smallest absolute Gasteiger partial charge is 0.351 e. The number of primary amides is 1. The molecule has 0 atom stereocenters. The molecule has 3 amide bonds. The maximum Gasteiger partial charge on any atom is 0.389 e. The van der Waals surface area contributed by atoms with E-state index in [4.69, 9.17) is 10.7 Å². The summed E-state index contributed by atoms with van der Waals surface area (Å²) in [4.78, 5) is 30.6. The number of amides is 3. The van der Waals surface area contributed by atoms with E-state index in [0.717, 1.165) is 27.7 Å². The fourth-order valence-electron chi connectivity index (χ4n) is 5.58. The van der Waals surface area contributed by atoms with E-state index in [1.807, 2.05) is 38.1 Å². The van der Waals surface area contributed by atoms with Crippen molar-refractivity contribution in [1.29, 1.82) is 0 Å². The zero-order valence-electron chi connectivity index (χ0n) is 25.1. The first-order chi connectivity index (χ1) is 20.6. The average Bonchev–Trinajstić information content (AvgIpc) is 3.26. The average molecular weight is 634 g/mol. The number of halogens is 3. The van der Waals surface area contributed by atoms with Gasteiger partial charge in [-0.15, -0.1) is 0 Å². The Morgan fingerprint density at radius 2 is 1.77 bits per heavy atom. The van der Waals surface area contributed by atoms with Crippen LogP contribution in [0.5, 0.6) is 0 Å². The minimum Gasteiger partial charge on any atom is -0.351 e. The van der Waals surface area contributed by atoms with Crippen LogP contribution in [0.3, 0.4) is 0 Å². The lowest BCUT2D eigenvalue weighted by Crippen LogP contribution is -2.50. The van der Waals surface area contributed by atoms with E-state index in [1.54, 1.807) is 25.3 Å². The van der Waals surface area contributed by atoms with Gasteiger partial charge in [-0.3, -0.25) is 14.7 Å². The van der Waals surface area contributed by atoms with Gasteiger partial charge in [0.1, 0.15) is 11.4 Å². The highest BCUT2D eigenvalue weighted by Crippen LogP contribution is 2.33. The molecule has 238 valence electrons. The van der Waals surface area contributed by atoms with Crippen molar-refractivity contribution in [3.63, 3.8) is 0 Å². The molecule has 0 aliphatic carbocycles.